The first-order valence-electron chi connectivity index (χ1n) is 7.75. The summed E-state index contributed by atoms with van der Waals surface area (Å²) in [4.78, 5) is 5.24. The molecule has 1 fully saturated rings. The van der Waals surface area contributed by atoms with Crippen LogP contribution in [0.3, 0.4) is 0 Å². The predicted octanol–water partition coefficient (Wildman–Crippen LogP) is 4.75. The number of ether oxygens (including phenoxy) is 1. The zero-order valence-electron chi connectivity index (χ0n) is 13.1. The number of halogens is 4. The van der Waals surface area contributed by atoms with E-state index in [1.807, 2.05) is 0 Å². The summed E-state index contributed by atoms with van der Waals surface area (Å²) in [5.74, 6) is -2.64. The summed E-state index contributed by atoms with van der Waals surface area (Å²) < 4.78 is 57.8. The van der Waals surface area contributed by atoms with Crippen molar-refractivity contribution < 1.29 is 27.1 Å². The van der Waals surface area contributed by atoms with Crippen LogP contribution in [-0.2, 0) is 4.84 Å². The number of nitrogens with zero attached hydrogens (tertiary/aromatic N) is 1. The molecule has 0 bridgehead atoms. The van der Waals surface area contributed by atoms with Crippen molar-refractivity contribution in [1.29, 1.82) is 0 Å². The van der Waals surface area contributed by atoms with Crippen molar-refractivity contribution in [2.24, 2.45) is 11.1 Å². The van der Waals surface area contributed by atoms with Crippen LogP contribution in [0.5, 0.6) is 5.75 Å². The highest BCUT2D eigenvalue weighted by molar-refractivity contribution is 6.14. The van der Waals surface area contributed by atoms with E-state index in [1.54, 1.807) is 30.3 Å². The fourth-order valence-electron chi connectivity index (χ4n) is 2.28. The Morgan fingerprint density at radius 2 is 1.80 bits per heavy atom. The number of hydrogen-bond acceptors (Lipinski definition) is 3. The number of oxime groups is 1. The van der Waals surface area contributed by atoms with Gasteiger partial charge in [0.25, 0.3) is 0 Å². The van der Waals surface area contributed by atoms with Crippen LogP contribution in [0.25, 0.3) is 0 Å². The maximum absolute atomic E-state index is 14.4. The second kappa shape index (κ2) is 7.55. The molecule has 3 nitrogen and oxygen atoms in total. The van der Waals surface area contributed by atoms with Crippen LogP contribution in [0, 0.1) is 17.6 Å². The molecule has 1 aliphatic carbocycles. The van der Waals surface area contributed by atoms with E-state index < -0.39 is 29.6 Å². The molecule has 1 aliphatic rings. The Morgan fingerprint density at radius 1 is 1.08 bits per heavy atom. The van der Waals surface area contributed by atoms with Crippen LogP contribution < -0.4 is 4.74 Å². The van der Waals surface area contributed by atoms with Gasteiger partial charge in [-0.3, -0.25) is 0 Å². The van der Waals surface area contributed by atoms with Crippen LogP contribution >= 0.6 is 0 Å². The van der Waals surface area contributed by atoms with Gasteiger partial charge in [0.1, 0.15) is 18.1 Å². The monoisotopic (exact) mass is 353 g/mol. The van der Waals surface area contributed by atoms with Crippen LogP contribution in [0.2, 0.25) is 0 Å². The van der Waals surface area contributed by atoms with Crippen molar-refractivity contribution in [2.75, 3.05) is 6.61 Å². The summed E-state index contributed by atoms with van der Waals surface area (Å²) in [6, 6.07) is 9.91. The van der Waals surface area contributed by atoms with Crippen molar-refractivity contribution >= 4 is 5.71 Å². The SMILES string of the molecule is Fc1ccc(OC(F)F)c(C(=NOCC2CC2)c2ccccc2)c1F. The molecule has 0 saturated heterocycles. The average molecular weight is 353 g/mol. The molecule has 0 unspecified atom stereocenters. The Morgan fingerprint density at radius 3 is 2.44 bits per heavy atom. The van der Waals surface area contributed by atoms with E-state index in [0.29, 0.717) is 18.1 Å². The molecular formula is C18H15F4NO2. The van der Waals surface area contributed by atoms with E-state index in [0.717, 1.165) is 25.0 Å². The maximum Gasteiger partial charge on any atom is 0.387 e. The van der Waals surface area contributed by atoms with Crippen molar-refractivity contribution in [3.8, 4) is 5.75 Å². The topological polar surface area (TPSA) is 30.8 Å². The Balaban J connectivity index is 2.06. The molecule has 132 valence electrons. The van der Waals surface area contributed by atoms with Gasteiger partial charge in [-0.2, -0.15) is 8.78 Å². The van der Waals surface area contributed by atoms with Gasteiger partial charge < -0.3 is 9.57 Å². The van der Waals surface area contributed by atoms with Crippen LogP contribution in [0.1, 0.15) is 24.0 Å². The standard InChI is InChI=1S/C18H15F4NO2/c19-13-8-9-14(25-18(21)22)15(16(13)20)17(12-4-2-1-3-5-12)23-24-10-11-6-7-11/h1-5,8-9,11,18H,6-7,10H2. The van der Waals surface area contributed by atoms with Crippen LogP contribution in [-0.4, -0.2) is 18.9 Å². The first kappa shape index (κ1) is 17.3. The highest BCUT2D eigenvalue weighted by atomic mass is 19.3. The summed E-state index contributed by atoms with van der Waals surface area (Å²) in [5.41, 5.74) is -0.210. The minimum atomic E-state index is -3.19. The lowest BCUT2D eigenvalue weighted by molar-refractivity contribution is -0.0502. The van der Waals surface area contributed by atoms with Crippen molar-refractivity contribution in [1.82, 2.24) is 0 Å². The molecule has 2 aromatic rings. The quantitative estimate of drug-likeness (QED) is 0.409. The third-order valence-corrected chi connectivity index (χ3v) is 3.72. The summed E-state index contributed by atoms with van der Waals surface area (Å²) >= 11 is 0. The Labute approximate surface area is 141 Å². The van der Waals surface area contributed by atoms with Crippen LogP contribution in [0.4, 0.5) is 17.6 Å². The smallest absolute Gasteiger partial charge is 0.387 e. The first-order chi connectivity index (χ1) is 12.1. The summed E-state index contributed by atoms with van der Waals surface area (Å²) in [6.07, 6.45) is 2.04. The molecule has 7 heteroatoms. The van der Waals surface area contributed by atoms with E-state index >= 15 is 0 Å². The summed E-state index contributed by atoms with van der Waals surface area (Å²) in [5, 5.41) is 3.90. The molecule has 0 amide bonds. The lowest BCUT2D eigenvalue weighted by Gasteiger charge is -2.14. The Kier molecular flexibility index (Phi) is 5.21. The third kappa shape index (κ3) is 4.29. The molecule has 0 radical (unpaired) electrons. The predicted molar refractivity (Wildman–Crippen MR) is 83.7 cm³/mol. The van der Waals surface area contributed by atoms with E-state index in [2.05, 4.69) is 9.89 Å². The van der Waals surface area contributed by atoms with Gasteiger partial charge in [-0.05, 0) is 30.9 Å². The summed E-state index contributed by atoms with van der Waals surface area (Å²) in [6.45, 7) is -2.86. The molecule has 0 N–H and O–H groups in total. The van der Waals surface area contributed by atoms with Crippen molar-refractivity contribution in [3.05, 3.63) is 65.2 Å². The van der Waals surface area contributed by atoms with Gasteiger partial charge >= 0.3 is 6.61 Å². The first-order valence-corrected chi connectivity index (χ1v) is 7.75. The zero-order valence-corrected chi connectivity index (χ0v) is 13.1. The minimum Gasteiger partial charge on any atom is -0.434 e. The maximum atomic E-state index is 14.4. The second-order valence-corrected chi connectivity index (χ2v) is 5.66. The molecule has 0 spiro atoms. The molecule has 2 aromatic carbocycles. The average Bonchev–Trinajstić information content (AvgIpc) is 3.41. The van der Waals surface area contributed by atoms with Gasteiger partial charge in [-0.1, -0.05) is 35.5 Å². The Bertz CT molecular complexity index is 761. The van der Waals surface area contributed by atoms with Gasteiger partial charge in [-0.15, -0.1) is 0 Å². The molecule has 3 rings (SSSR count). The minimum absolute atomic E-state index is 0.103. The molecule has 0 atom stereocenters. The normalized spacial score (nSPS) is 14.7. The van der Waals surface area contributed by atoms with Gasteiger partial charge in [0.05, 0.1) is 5.56 Å². The molecule has 25 heavy (non-hydrogen) atoms. The third-order valence-electron chi connectivity index (χ3n) is 3.72. The van der Waals surface area contributed by atoms with E-state index in [1.165, 1.54) is 0 Å². The zero-order chi connectivity index (χ0) is 17.8. The van der Waals surface area contributed by atoms with E-state index in [-0.39, 0.29) is 5.71 Å². The van der Waals surface area contributed by atoms with Gasteiger partial charge in [0.15, 0.2) is 11.6 Å². The highest BCUT2D eigenvalue weighted by Crippen LogP contribution is 2.31. The van der Waals surface area contributed by atoms with Gasteiger partial charge in [-0.25, -0.2) is 8.78 Å². The second-order valence-electron chi connectivity index (χ2n) is 5.66. The van der Waals surface area contributed by atoms with Crippen LogP contribution in [0.15, 0.2) is 47.6 Å². The molecule has 1 saturated carbocycles. The lowest BCUT2D eigenvalue weighted by atomic mass is 10.0. The molecule has 0 aromatic heterocycles. The highest BCUT2D eigenvalue weighted by Gasteiger charge is 2.25. The molecule has 0 aliphatic heterocycles. The molecular weight excluding hydrogens is 338 g/mol. The van der Waals surface area contributed by atoms with Crippen molar-refractivity contribution in [2.45, 2.75) is 19.5 Å². The fraction of sp³-hybridized carbons (Fsp3) is 0.278. The number of benzene rings is 2. The van der Waals surface area contributed by atoms with Crippen molar-refractivity contribution in [3.63, 3.8) is 0 Å². The fourth-order valence-corrected chi connectivity index (χ4v) is 2.28. The molecule has 0 heterocycles. The largest absolute Gasteiger partial charge is 0.434 e. The number of alkyl halides is 2. The number of rotatable bonds is 7. The van der Waals surface area contributed by atoms with Gasteiger partial charge in [0.2, 0.25) is 0 Å². The van der Waals surface area contributed by atoms with E-state index in [4.69, 9.17) is 4.84 Å². The van der Waals surface area contributed by atoms with Gasteiger partial charge in [0, 0.05) is 5.56 Å². The number of hydrogen-bond donors (Lipinski definition) is 0. The summed E-state index contributed by atoms with van der Waals surface area (Å²) in [7, 11) is 0. The lowest BCUT2D eigenvalue weighted by Crippen LogP contribution is -2.14. The van der Waals surface area contributed by atoms with E-state index in [9.17, 15) is 17.6 Å². The Hall–Kier alpha value is -2.57.